The van der Waals surface area contributed by atoms with E-state index in [1.54, 1.807) is 11.3 Å². The van der Waals surface area contributed by atoms with Crippen molar-refractivity contribution in [2.24, 2.45) is 0 Å². The Morgan fingerprint density at radius 3 is 2.48 bits per heavy atom. The molecule has 2 aromatic heterocycles. The molecule has 170 valence electrons. The molecule has 33 heavy (non-hydrogen) atoms. The molecule has 0 radical (unpaired) electrons. The quantitative estimate of drug-likeness (QED) is 0.293. The zero-order valence-corrected chi connectivity index (χ0v) is 21.1. The largest absolute Gasteiger partial charge is 0.422 e. The molecule has 2 aliphatic rings. The molecule has 0 unspecified atom stereocenters. The van der Waals surface area contributed by atoms with E-state index < -0.39 is 0 Å². The van der Waals surface area contributed by atoms with E-state index in [1.165, 1.54) is 22.4 Å². The number of rotatable bonds is 1. The van der Waals surface area contributed by atoms with Gasteiger partial charge in [0.15, 0.2) is 0 Å². The Morgan fingerprint density at radius 1 is 1.00 bits per heavy atom. The molecule has 0 bridgehead atoms. The van der Waals surface area contributed by atoms with Crippen molar-refractivity contribution in [3.63, 3.8) is 0 Å². The Balaban J connectivity index is 1.66. The second-order valence-corrected chi connectivity index (χ2v) is 12.2. The lowest BCUT2D eigenvalue weighted by Gasteiger charge is -2.48. The minimum Gasteiger partial charge on any atom is -0.422 e. The van der Waals surface area contributed by atoms with E-state index in [-0.39, 0.29) is 16.5 Å². The number of aromatic nitrogens is 1. The van der Waals surface area contributed by atoms with Crippen molar-refractivity contribution in [1.82, 2.24) is 4.98 Å². The molecule has 4 heterocycles. The molecule has 2 aromatic carbocycles. The van der Waals surface area contributed by atoms with Crippen molar-refractivity contribution in [3.05, 3.63) is 56.9 Å². The average molecular weight is 459 g/mol. The fraction of sp³-hybridized carbons (Fsp3) is 0.429. The third-order valence-corrected chi connectivity index (χ3v) is 8.83. The van der Waals surface area contributed by atoms with Gasteiger partial charge in [0.2, 0.25) is 0 Å². The van der Waals surface area contributed by atoms with Gasteiger partial charge in [-0.05, 0) is 72.4 Å². The lowest BCUT2D eigenvalue weighted by atomic mass is 9.69. The summed E-state index contributed by atoms with van der Waals surface area (Å²) in [6, 6.07) is 8.59. The third kappa shape index (κ3) is 3.01. The average Bonchev–Trinajstić information content (AvgIpc) is 3.15. The summed E-state index contributed by atoms with van der Waals surface area (Å²) in [5.74, 6) is 0. The lowest BCUT2D eigenvalue weighted by molar-refractivity contribution is 0.398. The zero-order valence-electron chi connectivity index (χ0n) is 20.3. The first-order valence-electron chi connectivity index (χ1n) is 11.8. The maximum Gasteiger partial charge on any atom is 0.346 e. The van der Waals surface area contributed by atoms with Gasteiger partial charge >= 0.3 is 5.63 Å². The molecule has 6 rings (SSSR count). The predicted octanol–water partition coefficient (Wildman–Crippen LogP) is 6.86. The van der Waals surface area contributed by atoms with Gasteiger partial charge in [0.25, 0.3) is 0 Å². The van der Waals surface area contributed by atoms with Crippen LogP contribution in [-0.4, -0.2) is 18.1 Å². The van der Waals surface area contributed by atoms with Gasteiger partial charge in [-0.25, -0.2) is 9.78 Å². The van der Waals surface area contributed by atoms with Crippen molar-refractivity contribution in [2.45, 2.75) is 65.2 Å². The summed E-state index contributed by atoms with van der Waals surface area (Å²) < 4.78 is 7.27. The lowest BCUT2D eigenvalue weighted by Crippen LogP contribution is -2.44. The first-order valence-corrected chi connectivity index (χ1v) is 12.7. The smallest absolute Gasteiger partial charge is 0.346 e. The standard InChI is InChI=1S/C28H30N2O2S/c1-15-11-16(2)22-20(12-15)33-25(29-22)18-13-17-14-19-23-21(24(17)32-26(18)31)28(5,6)8-10-30(23)9-7-27(19,3)4/h11-14H,7-10H2,1-6H3. The number of hydrogen-bond donors (Lipinski definition) is 0. The number of fused-ring (bicyclic) bond motifs is 3. The first-order chi connectivity index (χ1) is 15.5. The van der Waals surface area contributed by atoms with Crippen molar-refractivity contribution >= 4 is 38.2 Å². The highest BCUT2D eigenvalue weighted by Gasteiger charge is 2.42. The first kappa shape index (κ1) is 20.9. The SMILES string of the molecule is Cc1cc(C)c2nc(-c3cc4cc5c6c(c4oc3=O)C(C)(C)CCN6CCC5(C)C)sc2c1. The Labute approximate surface area is 198 Å². The number of nitrogens with zero attached hydrogens (tertiary/aromatic N) is 2. The van der Waals surface area contributed by atoms with E-state index in [4.69, 9.17) is 9.40 Å². The van der Waals surface area contributed by atoms with Crippen LogP contribution in [0, 0.1) is 13.8 Å². The predicted molar refractivity (Wildman–Crippen MR) is 138 cm³/mol. The molecule has 0 saturated carbocycles. The fourth-order valence-electron chi connectivity index (χ4n) is 5.79. The number of anilines is 1. The third-order valence-electron chi connectivity index (χ3n) is 7.79. The second kappa shape index (κ2) is 6.69. The maximum atomic E-state index is 13.3. The summed E-state index contributed by atoms with van der Waals surface area (Å²) in [5, 5.41) is 1.75. The van der Waals surface area contributed by atoms with E-state index in [9.17, 15) is 4.79 Å². The monoisotopic (exact) mass is 458 g/mol. The molecule has 0 N–H and O–H groups in total. The molecular formula is C28H30N2O2S. The normalized spacial score (nSPS) is 18.7. The summed E-state index contributed by atoms with van der Waals surface area (Å²) in [6.45, 7) is 15.5. The Kier molecular flexibility index (Phi) is 4.24. The van der Waals surface area contributed by atoms with Crippen LogP contribution < -0.4 is 10.5 Å². The molecule has 0 atom stereocenters. The highest BCUT2D eigenvalue weighted by molar-refractivity contribution is 7.21. The zero-order chi connectivity index (χ0) is 23.3. The maximum absolute atomic E-state index is 13.3. The highest BCUT2D eigenvalue weighted by atomic mass is 32.1. The molecule has 0 aliphatic carbocycles. The van der Waals surface area contributed by atoms with Gasteiger partial charge in [-0.2, -0.15) is 0 Å². The molecule has 0 fully saturated rings. The van der Waals surface area contributed by atoms with Gasteiger partial charge in [0.1, 0.15) is 10.6 Å². The summed E-state index contributed by atoms with van der Waals surface area (Å²) >= 11 is 1.57. The van der Waals surface area contributed by atoms with Crippen LogP contribution in [0.5, 0.6) is 0 Å². The van der Waals surface area contributed by atoms with Gasteiger partial charge in [0, 0.05) is 29.7 Å². The fourth-order valence-corrected chi connectivity index (χ4v) is 6.93. The van der Waals surface area contributed by atoms with Crippen LogP contribution >= 0.6 is 11.3 Å². The summed E-state index contributed by atoms with van der Waals surface area (Å²) in [6.07, 6.45) is 2.19. The van der Waals surface area contributed by atoms with E-state index in [1.807, 2.05) is 6.07 Å². The van der Waals surface area contributed by atoms with E-state index in [0.717, 1.165) is 57.7 Å². The van der Waals surface area contributed by atoms with Crippen molar-refractivity contribution in [2.75, 3.05) is 18.0 Å². The van der Waals surface area contributed by atoms with E-state index in [2.05, 4.69) is 64.6 Å². The molecule has 4 aromatic rings. The summed E-state index contributed by atoms with van der Waals surface area (Å²) in [5.41, 5.74) is 8.26. The van der Waals surface area contributed by atoms with Gasteiger partial charge in [0.05, 0.1) is 15.8 Å². The van der Waals surface area contributed by atoms with Crippen LogP contribution in [0.4, 0.5) is 5.69 Å². The van der Waals surface area contributed by atoms with Crippen LogP contribution in [0.25, 0.3) is 31.8 Å². The van der Waals surface area contributed by atoms with Crippen LogP contribution in [0.15, 0.2) is 33.5 Å². The Bertz CT molecular complexity index is 1520. The second-order valence-electron chi connectivity index (χ2n) is 11.2. The minimum atomic E-state index is -0.296. The van der Waals surface area contributed by atoms with Gasteiger partial charge in [-0.3, -0.25) is 0 Å². The van der Waals surface area contributed by atoms with Gasteiger partial charge in [-0.15, -0.1) is 11.3 Å². The molecule has 0 spiro atoms. The number of thiazole rings is 1. The molecular weight excluding hydrogens is 428 g/mol. The molecule has 2 aliphatic heterocycles. The van der Waals surface area contributed by atoms with Crippen molar-refractivity contribution in [1.29, 1.82) is 0 Å². The van der Waals surface area contributed by atoms with E-state index >= 15 is 0 Å². The molecule has 0 amide bonds. The van der Waals surface area contributed by atoms with Gasteiger partial charge < -0.3 is 9.32 Å². The van der Waals surface area contributed by atoms with Crippen LogP contribution in [0.3, 0.4) is 0 Å². The topological polar surface area (TPSA) is 46.3 Å². The highest BCUT2D eigenvalue weighted by Crippen LogP contribution is 2.51. The molecule has 0 saturated heterocycles. The van der Waals surface area contributed by atoms with Gasteiger partial charge in [-0.1, -0.05) is 33.8 Å². The number of aryl methyl sites for hydroxylation is 2. The Morgan fingerprint density at radius 2 is 1.73 bits per heavy atom. The van der Waals surface area contributed by atoms with Crippen LogP contribution in [0.1, 0.15) is 62.8 Å². The summed E-state index contributed by atoms with van der Waals surface area (Å²) in [4.78, 5) is 20.7. The van der Waals surface area contributed by atoms with Crippen LogP contribution in [-0.2, 0) is 10.8 Å². The Hall–Kier alpha value is -2.66. The van der Waals surface area contributed by atoms with Crippen molar-refractivity contribution in [3.8, 4) is 10.6 Å². The molecule has 5 heteroatoms. The molecule has 4 nitrogen and oxygen atoms in total. The summed E-state index contributed by atoms with van der Waals surface area (Å²) in [7, 11) is 0. The van der Waals surface area contributed by atoms with Crippen molar-refractivity contribution < 1.29 is 4.42 Å². The number of hydrogen-bond acceptors (Lipinski definition) is 5. The minimum absolute atomic E-state index is 0.0462. The van der Waals surface area contributed by atoms with E-state index in [0.29, 0.717) is 5.56 Å². The number of benzene rings is 2. The van der Waals surface area contributed by atoms with Crippen LogP contribution in [0.2, 0.25) is 0 Å².